The van der Waals surface area contributed by atoms with Crippen LogP contribution < -0.4 is 41.4 Å². The van der Waals surface area contributed by atoms with Gasteiger partial charge in [0.2, 0.25) is 0 Å². The molecule has 10 rings (SSSR count). The Balaban J connectivity index is 0.00000292. The van der Waals surface area contributed by atoms with Crippen LogP contribution in [0.1, 0.15) is 0 Å². The van der Waals surface area contributed by atoms with Crippen molar-refractivity contribution < 1.29 is 26.5 Å². The third-order valence-corrected chi connectivity index (χ3v) is 8.81. The third-order valence-electron chi connectivity index (χ3n) is 8.81. The number of hydrogen-bond acceptors (Lipinski definition) is 6. The summed E-state index contributed by atoms with van der Waals surface area (Å²) >= 11 is 0. The molecule has 0 N–H and O–H groups in total. The Hall–Kier alpha value is -5.64. The standard InChI is InChI=1S/C35H22N8O2.Cu/c1-44-18-12-14-21-26(15-18)30-36-28-20-13-11-19(45-2)16-27(20)31(37-28)40-33-23-8-4-6-10-25(23)35-41-34-24-9-5-3-7-22(24)32(39-29(21)38-30)42(34)17-43(33)35;/h3-16H,17H2,1-2H3;/q-2;+2. The molecule has 0 atom stereocenters. The molecule has 10 nitrogen and oxygen atoms in total. The Bertz CT molecular complexity index is 2840. The van der Waals surface area contributed by atoms with Crippen molar-refractivity contribution in [2.45, 2.75) is 6.67 Å². The van der Waals surface area contributed by atoms with Crippen LogP contribution in [0.5, 0.6) is 11.5 Å². The van der Waals surface area contributed by atoms with Gasteiger partial charge in [-0.25, -0.2) is 4.99 Å². The minimum absolute atomic E-state index is 0. The first-order chi connectivity index (χ1) is 22.2. The molecule has 4 aromatic heterocycles. The Kier molecular flexibility index (Phi) is 5.62. The summed E-state index contributed by atoms with van der Waals surface area (Å²) in [5, 5.41) is 7.42. The van der Waals surface area contributed by atoms with Gasteiger partial charge in [0, 0.05) is 44.2 Å². The van der Waals surface area contributed by atoms with Crippen molar-refractivity contribution in [1.29, 1.82) is 0 Å². The Morgan fingerprint density at radius 3 is 1.78 bits per heavy atom. The molecule has 0 saturated carbocycles. The fourth-order valence-electron chi connectivity index (χ4n) is 6.66. The van der Waals surface area contributed by atoms with Gasteiger partial charge < -0.3 is 43.6 Å². The zero-order chi connectivity index (χ0) is 29.8. The van der Waals surface area contributed by atoms with Gasteiger partial charge in [0.1, 0.15) is 29.5 Å². The van der Waals surface area contributed by atoms with Crippen LogP contribution in [0.2, 0.25) is 0 Å². The van der Waals surface area contributed by atoms with E-state index in [9.17, 15) is 0 Å². The van der Waals surface area contributed by atoms with Gasteiger partial charge in [0.05, 0.1) is 25.5 Å². The number of aromatic nitrogens is 4. The zero-order valence-electron chi connectivity index (χ0n) is 24.5. The quantitative estimate of drug-likeness (QED) is 0.252. The molecule has 0 saturated heterocycles. The van der Waals surface area contributed by atoms with E-state index in [0.29, 0.717) is 40.8 Å². The second-order valence-corrected chi connectivity index (χ2v) is 11.2. The van der Waals surface area contributed by atoms with Gasteiger partial charge >= 0.3 is 17.1 Å². The fourth-order valence-corrected chi connectivity index (χ4v) is 6.66. The van der Waals surface area contributed by atoms with Gasteiger partial charge in [0.25, 0.3) is 0 Å². The smallest absolute Gasteiger partial charge is 0.497 e. The summed E-state index contributed by atoms with van der Waals surface area (Å²) in [4.78, 5) is 30.8. The molecule has 0 amide bonds. The molecule has 225 valence electrons. The van der Waals surface area contributed by atoms with E-state index in [0.717, 1.165) is 65.7 Å². The van der Waals surface area contributed by atoms with Crippen LogP contribution in [0, 0.1) is 0 Å². The molecule has 0 aliphatic carbocycles. The SMILES string of the molecule is COc1ccc2c3[n-]c(c2c1)/N=c1/c2ccccc2c2n1Cn1c(c4ccccc4c1/N=c1\[n-]/c(c4cc(OC)ccc14)=N\3)N=2.[Cu+2]. The summed E-state index contributed by atoms with van der Waals surface area (Å²) in [5.41, 5.74) is 2.70. The van der Waals surface area contributed by atoms with Crippen molar-refractivity contribution in [1.82, 2.24) is 19.1 Å². The fraction of sp³-hybridized carbons (Fsp3) is 0.0857. The van der Waals surface area contributed by atoms with Crippen molar-refractivity contribution in [3.05, 3.63) is 107 Å². The number of ether oxygens (including phenoxy) is 2. The minimum Gasteiger partial charge on any atom is -0.497 e. The van der Waals surface area contributed by atoms with Crippen LogP contribution in [0.3, 0.4) is 0 Å². The number of nitrogens with zero attached hydrogens (tertiary/aromatic N) is 8. The van der Waals surface area contributed by atoms with E-state index in [2.05, 4.69) is 33.4 Å². The summed E-state index contributed by atoms with van der Waals surface area (Å²) < 4.78 is 15.5. The summed E-state index contributed by atoms with van der Waals surface area (Å²) in [6.07, 6.45) is 0. The van der Waals surface area contributed by atoms with Crippen molar-refractivity contribution >= 4 is 66.4 Å². The Morgan fingerprint density at radius 2 is 1.09 bits per heavy atom. The summed E-state index contributed by atoms with van der Waals surface area (Å²) in [7, 11) is 3.31. The maximum Gasteiger partial charge on any atom is 2.00 e. The minimum atomic E-state index is 0. The van der Waals surface area contributed by atoms with Crippen molar-refractivity contribution in [3.8, 4) is 11.5 Å². The third kappa shape index (κ3) is 3.58. The molecule has 0 fully saturated rings. The predicted molar refractivity (Wildman–Crippen MR) is 170 cm³/mol. The van der Waals surface area contributed by atoms with Crippen LogP contribution in [-0.4, -0.2) is 23.4 Å². The van der Waals surface area contributed by atoms with E-state index in [1.165, 1.54) is 0 Å². The maximum absolute atomic E-state index is 5.60. The van der Waals surface area contributed by atoms with Gasteiger partial charge in [-0.2, -0.15) is 0 Å². The molecule has 4 aromatic carbocycles. The number of benzene rings is 4. The van der Waals surface area contributed by atoms with Crippen LogP contribution in [0.25, 0.3) is 43.1 Å². The van der Waals surface area contributed by atoms with Gasteiger partial charge in [-0.05, 0) is 57.9 Å². The average molecular weight is 650 g/mol. The molecular formula is C35H22CuN8O2. The molecule has 46 heavy (non-hydrogen) atoms. The first-order valence-electron chi connectivity index (χ1n) is 14.6. The Labute approximate surface area is 270 Å². The molecule has 2 aliphatic heterocycles. The van der Waals surface area contributed by atoms with E-state index < -0.39 is 0 Å². The van der Waals surface area contributed by atoms with E-state index in [-0.39, 0.29) is 17.1 Å². The monoisotopic (exact) mass is 649 g/mol. The van der Waals surface area contributed by atoms with Gasteiger partial charge in [-0.15, -0.1) is 0 Å². The molecule has 6 heterocycles. The van der Waals surface area contributed by atoms with E-state index >= 15 is 0 Å². The van der Waals surface area contributed by atoms with E-state index in [1.807, 2.05) is 60.7 Å². The van der Waals surface area contributed by atoms with Crippen molar-refractivity contribution in [2.75, 3.05) is 14.2 Å². The van der Waals surface area contributed by atoms with Crippen molar-refractivity contribution in [3.63, 3.8) is 0 Å². The molecule has 8 aromatic rings. The molecule has 11 heteroatoms. The topological polar surface area (TPSA) is 106 Å². The van der Waals surface area contributed by atoms with Crippen molar-refractivity contribution in [2.24, 2.45) is 20.0 Å². The normalized spacial score (nSPS) is 15.2. The van der Waals surface area contributed by atoms with Crippen LogP contribution >= 0.6 is 0 Å². The molecule has 0 spiro atoms. The maximum atomic E-state index is 5.60. The first kappa shape index (κ1) is 26.7. The van der Waals surface area contributed by atoms with Gasteiger partial charge in [-0.1, -0.05) is 48.5 Å². The predicted octanol–water partition coefficient (Wildman–Crippen LogP) is 4.77. The van der Waals surface area contributed by atoms with Crippen LogP contribution in [0.15, 0.2) is 105 Å². The van der Waals surface area contributed by atoms with Gasteiger partial charge in [-0.3, -0.25) is 0 Å². The van der Waals surface area contributed by atoms with E-state index in [1.54, 1.807) is 14.2 Å². The van der Waals surface area contributed by atoms with Crippen LogP contribution in [0.4, 0.5) is 23.3 Å². The molecule has 0 unspecified atom stereocenters. The Morgan fingerprint density at radius 1 is 0.522 bits per heavy atom. The number of rotatable bonds is 2. The molecular weight excluding hydrogens is 628 g/mol. The largest absolute Gasteiger partial charge is 2.00 e. The van der Waals surface area contributed by atoms with E-state index in [4.69, 9.17) is 39.4 Å². The number of hydrogen-bond donors (Lipinski definition) is 0. The summed E-state index contributed by atoms with van der Waals surface area (Å²) in [6.45, 7) is 0.466. The second-order valence-electron chi connectivity index (χ2n) is 11.2. The number of fused-ring (bicyclic) bond motifs is 16. The second kappa shape index (κ2) is 9.68. The zero-order valence-corrected chi connectivity index (χ0v) is 25.4. The number of methoxy groups -OCH3 is 2. The van der Waals surface area contributed by atoms with Crippen LogP contribution in [-0.2, 0) is 23.7 Å². The molecule has 1 radical (unpaired) electrons. The first-order valence-corrected chi connectivity index (χ1v) is 14.6. The average Bonchev–Trinajstić information content (AvgIpc) is 3.79. The summed E-state index contributed by atoms with van der Waals surface area (Å²) in [6, 6.07) is 28.2. The summed E-state index contributed by atoms with van der Waals surface area (Å²) in [5.74, 6) is 4.12. The molecule has 2 aliphatic rings. The van der Waals surface area contributed by atoms with Gasteiger partial charge in [0.15, 0.2) is 0 Å². The molecule has 6 bridgehead atoms.